The van der Waals surface area contributed by atoms with Crippen LogP contribution in [0, 0.1) is 0 Å². The highest BCUT2D eigenvalue weighted by Crippen LogP contribution is 2.33. The molecule has 2 aromatic carbocycles. The number of ether oxygens (including phenoxy) is 3. The molecule has 2 aromatic rings. The fourth-order valence-corrected chi connectivity index (χ4v) is 3.61. The molecule has 31 heavy (non-hydrogen) atoms. The summed E-state index contributed by atoms with van der Waals surface area (Å²) in [6.07, 6.45) is 2.68. The quantitative estimate of drug-likeness (QED) is 0.359. The van der Waals surface area contributed by atoms with Crippen LogP contribution in [0.3, 0.4) is 0 Å². The summed E-state index contributed by atoms with van der Waals surface area (Å²) in [5.41, 5.74) is 7.96. The second kappa shape index (κ2) is 11.7. The predicted octanol–water partition coefficient (Wildman–Crippen LogP) is 2.79. The third-order valence-electron chi connectivity index (χ3n) is 5.12. The van der Waals surface area contributed by atoms with Gasteiger partial charge in [-0.1, -0.05) is 24.6 Å². The number of fused-ring (bicyclic) bond motifs is 1. The highest BCUT2D eigenvalue weighted by atomic mass is 32.1. The summed E-state index contributed by atoms with van der Waals surface area (Å²) in [5, 5.41) is 13.1. The molecule has 0 aliphatic carbocycles. The van der Waals surface area contributed by atoms with E-state index in [0.29, 0.717) is 18.2 Å². The van der Waals surface area contributed by atoms with Crippen LogP contribution >= 0.6 is 12.2 Å². The van der Waals surface area contributed by atoms with Crippen molar-refractivity contribution in [2.24, 2.45) is 5.73 Å². The number of rotatable bonds is 11. The van der Waals surface area contributed by atoms with E-state index in [0.717, 1.165) is 54.2 Å². The zero-order valence-electron chi connectivity index (χ0n) is 17.9. The molecule has 8 heteroatoms. The monoisotopic (exact) mass is 445 g/mol. The van der Waals surface area contributed by atoms with Gasteiger partial charge in [0.1, 0.15) is 5.75 Å². The zero-order valence-corrected chi connectivity index (χ0v) is 18.7. The molecule has 0 bridgehead atoms. The van der Waals surface area contributed by atoms with E-state index in [1.807, 2.05) is 36.4 Å². The standard InChI is InChI=1S/C23H31N3O4S/c1-28-20-7-4-5-17(11-20)13-26(23(31)25-10-3-2-6-19(24)15-27)14-18-8-9-21-22(12-18)30-16-29-21/h4-5,7-9,11-12,19,27H,2-3,6,10,13-16,24H2,1H3,(H,25,31). The second-order valence-corrected chi connectivity index (χ2v) is 7.95. The number of nitrogens with zero attached hydrogens (tertiary/aromatic N) is 1. The lowest BCUT2D eigenvalue weighted by Gasteiger charge is -2.26. The van der Waals surface area contributed by atoms with Crippen molar-refractivity contribution in [2.45, 2.75) is 38.4 Å². The van der Waals surface area contributed by atoms with Gasteiger partial charge in [0.25, 0.3) is 0 Å². The van der Waals surface area contributed by atoms with Crippen LogP contribution < -0.4 is 25.3 Å². The van der Waals surface area contributed by atoms with Crippen LogP contribution in [-0.2, 0) is 13.1 Å². The molecule has 1 aliphatic heterocycles. The van der Waals surface area contributed by atoms with Crippen LogP contribution in [0.15, 0.2) is 42.5 Å². The Morgan fingerprint density at radius 3 is 2.71 bits per heavy atom. The highest BCUT2D eigenvalue weighted by molar-refractivity contribution is 7.80. The van der Waals surface area contributed by atoms with E-state index in [1.165, 1.54) is 0 Å². The van der Waals surface area contributed by atoms with Gasteiger partial charge in [0.05, 0.1) is 13.7 Å². The number of nitrogens with one attached hydrogen (secondary N) is 1. The molecular formula is C23H31N3O4S. The minimum Gasteiger partial charge on any atom is -0.497 e. The van der Waals surface area contributed by atoms with Gasteiger partial charge in [-0.15, -0.1) is 0 Å². The van der Waals surface area contributed by atoms with Gasteiger partial charge in [0, 0.05) is 25.7 Å². The number of methoxy groups -OCH3 is 1. The van der Waals surface area contributed by atoms with Crippen LogP contribution in [-0.4, -0.2) is 48.2 Å². The van der Waals surface area contributed by atoms with Crippen LogP contribution in [0.4, 0.5) is 0 Å². The number of hydrogen-bond donors (Lipinski definition) is 3. The average Bonchev–Trinajstić information content (AvgIpc) is 3.26. The van der Waals surface area contributed by atoms with Gasteiger partial charge in [-0.25, -0.2) is 0 Å². The third kappa shape index (κ3) is 6.99. The Hall–Kier alpha value is -2.55. The van der Waals surface area contributed by atoms with Gasteiger partial charge in [0.2, 0.25) is 6.79 Å². The number of thiocarbonyl (C=S) groups is 1. The zero-order chi connectivity index (χ0) is 22.1. The van der Waals surface area contributed by atoms with E-state index in [9.17, 15) is 0 Å². The van der Waals surface area contributed by atoms with E-state index in [1.54, 1.807) is 7.11 Å². The summed E-state index contributed by atoms with van der Waals surface area (Å²) >= 11 is 5.72. The topological polar surface area (TPSA) is 89.2 Å². The number of benzene rings is 2. The van der Waals surface area contributed by atoms with E-state index < -0.39 is 0 Å². The first-order valence-corrected chi connectivity index (χ1v) is 10.9. The van der Waals surface area contributed by atoms with Crippen molar-refractivity contribution in [1.82, 2.24) is 10.2 Å². The first-order chi connectivity index (χ1) is 15.1. The molecule has 1 atom stereocenters. The first-order valence-electron chi connectivity index (χ1n) is 10.5. The molecule has 1 unspecified atom stereocenters. The van der Waals surface area contributed by atoms with Gasteiger partial charge in [-0.2, -0.15) is 0 Å². The number of nitrogens with two attached hydrogens (primary N) is 1. The molecule has 0 spiro atoms. The number of aliphatic hydroxyl groups is 1. The Labute approximate surface area is 189 Å². The summed E-state index contributed by atoms with van der Waals surface area (Å²) in [5.74, 6) is 2.35. The van der Waals surface area contributed by atoms with E-state index in [4.69, 9.17) is 37.3 Å². The minimum absolute atomic E-state index is 0.0235. The van der Waals surface area contributed by atoms with Crippen molar-refractivity contribution in [3.8, 4) is 17.2 Å². The number of aliphatic hydroxyl groups excluding tert-OH is 1. The van der Waals surface area contributed by atoms with E-state index >= 15 is 0 Å². The van der Waals surface area contributed by atoms with Crippen molar-refractivity contribution < 1.29 is 19.3 Å². The van der Waals surface area contributed by atoms with Gasteiger partial charge < -0.3 is 35.3 Å². The van der Waals surface area contributed by atoms with Gasteiger partial charge in [-0.05, 0) is 60.5 Å². The molecule has 1 heterocycles. The van der Waals surface area contributed by atoms with Crippen molar-refractivity contribution in [1.29, 1.82) is 0 Å². The smallest absolute Gasteiger partial charge is 0.231 e. The maximum absolute atomic E-state index is 9.03. The van der Waals surface area contributed by atoms with E-state index in [2.05, 4.69) is 16.3 Å². The molecule has 3 rings (SSSR count). The molecule has 4 N–H and O–H groups in total. The van der Waals surface area contributed by atoms with Crippen molar-refractivity contribution in [3.05, 3.63) is 53.6 Å². The molecule has 1 aliphatic rings. The predicted molar refractivity (Wildman–Crippen MR) is 124 cm³/mol. The Balaban J connectivity index is 1.64. The van der Waals surface area contributed by atoms with Crippen molar-refractivity contribution in [3.63, 3.8) is 0 Å². The van der Waals surface area contributed by atoms with Crippen LogP contribution in [0.25, 0.3) is 0 Å². The number of unbranched alkanes of at least 4 members (excludes halogenated alkanes) is 1. The largest absolute Gasteiger partial charge is 0.497 e. The Kier molecular flexibility index (Phi) is 8.75. The summed E-state index contributed by atoms with van der Waals surface area (Å²) in [4.78, 5) is 2.13. The molecule has 0 amide bonds. The highest BCUT2D eigenvalue weighted by Gasteiger charge is 2.16. The Morgan fingerprint density at radius 2 is 1.94 bits per heavy atom. The van der Waals surface area contributed by atoms with Crippen LogP contribution in [0.2, 0.25) is 0 Å². The SMILES string of the molecule is COc1cccc(CN(Cc2ccc3c(c2)OCO3)C(=S)NCCCCC(N)CO)c1. The molecule has 0 radical (unpaired) electrons. The van der Waals surface area contributed by atoms with Gasteiger partial charge in [-0.3, -0.25) is 0 Å². The average molecular weight is 446 g/mol. The Bertz CT molecular complexity index is 864. The lowest BCUT2D eigenvalue weighted by molar-refractivity contribution is 0.174. The second-order valence-electron chi connectivity index (χ2n) is 7.57. The van der Waals surface area contributed by atoms with Gasteiger partial charge in [0.15, 0.2) is 16.6 Å². The first kappa shape index (κ1) is 23.1. The van der Waals surface area contributed by atoms with E-state index in [-0.39, 0.29) is 19.4 Å². The summed E-state index contributed by atoms with van der Waals surface area (Å²) < 4.78 is 16.3. The minimum atomic E-state index is -0.150. The third-order valence-corrected chi connectivity index (χ3v) is 5.52. The van der Waals surface area contributed by atoms with Crippen LogP contribution in [0.5, 0.6) is 17.2 Å². The molecular weight excluding hydrogens is 414 g/mol. The maximum Gasteiger partial charge on any atom is 0.231 e. The lowest BCUT2D eigenvalue weighted by Crippen LogP contribution is -2.39. The molecule has 0 fully saturated rings. The van der Waals surface area contributed by atoms with Crippen molar-refractivity contribution in [2.75, 3.05) is 27.1 Å². The fraction of sp³-hybridized carbons (Fsp3) is 0.435. The molecule has 0 aromatic heterocycles. The molecule has 0 saturated carbocycles. The fourth-order valence-electron chi connectivity index (χ4n) is 3.38. The van der Waals surface area contributed by atoms with Crippen LogP contribution in [0.1, 0.15) is 30.4 Å². The maximum atomic E-state index is 9.03. The molecule has 168 valence electrons. The lowest BCUT2D eigenvalue weighted by atomic mass is 10.1. The molecule has 7 nitrogen and oxygen atoms in total. The number of hydrogen-bond acceptors (Lipinski definition) is 6. The molecule has 0 saturated heterocycles. The summed E-state index contributed by atoms with van der Waals surface area (Å²) in [6.45, 7) is 2.32. The Morgan fingerprint density at radius 1 is 1.16 bits per heavy atom. The normalized spacial score (nSPS) is 13.0. The van der Waals surface area contributed by atoms with Gasteiger partial charge >= 0.3 is 0 Å². The summed E-state index contributed by atoms with van der Waals surface area (Å²) in [7, 11) is 1.67. The summed E-state index contributed by atoms with van der Waals surface area (Å²) in [6, 6.07) is 13.8. The van der Waals surface area contributed by atoms with Crippen molar-refractivity contribution >= 4 is 17.3 Å².